The van der Waals surface area contributed by atoms with E-state index in [-0.39, 0.29) is 0 Å². The van der Waals surface area contributed by atoms with E-state index in [0.717, 1.165) is 68.4 Å². The fourth-order valence-electron chi connectivity index (χ4n) is 3.70. The van der Waals surface area contributed by atoms with Crippen molar-refractivity contribution in [2.45, 2.75) is 12.5 Å². The van der Waals surface area contributed by atoms with Gasteiger partial charge in [0.05, 0.1) is 43.4 Å². The highest BCUT2D eigenvalue weighted by molar-refractivity contribution is 5.79. The molecule has 0 N–H and O–H groups in total. The van der Waals surface area contributed by atoms with Crippen molar-refractivity contribution in [3.05, 3.63) is 42.9 Å². The second kappa shape index (κ2) is 6.66. The van der Waals surface area contributed by atoms with Crippen LogP contribution in [0.25, 0.3) is 16.6 Å². The van der Waals surface area contributed by atoms with Gasteiger partial charge in [-0.2, -0.15) is 5.10 Å². The zero-order valence-electron chi connectivity index (χ0n) is 14.7. The maximum absolute atomic E-state index is 5.33. The van der Waals surface area contributed by atoms with Gasteiger partial charge in [-0.3, -0.25) is 4.90 Å². The molecule has 0 unspecified atom stereocenters. The van der Waals surface area contributed by atoms with Gasteiger partial charge in [-0.15, -0.1) is 0 Å². The summed E-state index contributed by atoms with van der Waals surface area (Å²) in [6.07, 6.45) is 6.73. The van der Waals surface area contributed by atoms with E-state index in [4.69, 9.17) is 4.74 Å². The summed E-state index contributed by atoms with van der Waals surface area (Å²) in [7, 11) is 0. The van der Waals surface area contributed by atoms with E-state index in [1.807, 2.05) is 35.4 Å². The minimum absolute atomic E-state index is 0.603. The molecule has 2 saturated heterocycles. The second-order valence-corrected chi connectivity index (χ2v) is 6.92. The van der Waals surface area contributed by atoms with Crippen molar-refractivity contribution in [2.75, 3.05) is 44.3 Å². The molecule has 7 heteroatoms. The van der Waals surface area contributed by atoms with Crippen LogP contribution in [-0.2, 0) is 4.74 Å². The van der Waals surface area contributed by atoms with Gasteiger partial charge in [0.15, 0.2) is 0 Å². The van der Waals surface area contributed by atoms with Gasteiger partial charge in [0.2, 0.25) is 5.95 Å². The molecule has 0 aliphatic carbocycles. The Hall–Kier alpha value is -2.51. The number of ether oxygens (including phenoxy) is 1. The standard InChI is InChI=1S/C19H22N6O/c1-2-5-18-15(4-1)10-22-25(18)16-11-20-19(21-12-16)24-7-3-6-23(8-9-24)17-13-26-14-17/h1-2,4-5,10-12,17H,3,6-9,13-14H2. The fraction of sp³-hybridized carbons (Fsp3) is 0.421. The average molecular weight is 350 g/mol. The van der Waals surface area contributed by atoms with Crippen LogP contribution in [0, 0.1) is 0 Å². The molecule has 2 aliphatic rings. The highest BCUT2D eigenvalue weighted by Crippen LogP contribution is 2.19. The highest BCUT2D eigenvalue weighted by Gasteiger charge is 2.28. The van der Waals surface area contributed by atoms with Crippen molar-refractivity contribution in [1.82, 2.24) is 24.6 Å². The summed E-state index contributed by atoms with van der Waals surface area (Å²) in [6, 6.07) is 8.76. The largest absolute Gasteiger partial charge is 0.378 e. The van der Waals surface area contributed by atoms with Crippen molar-refractivity contribution in [3.8, 4) is 5.69 Å². The maximum Gasteiger partial charge on any atom is 0.225 e. The summed E-state index contributed by atoms with van der Waals surface area (Å²) < 4.78 is 7.22. The Morgan fingerprint density at radius 3 is 2.58 bits per heavy atom. The summed E-state index contributed by atoms with van der Waals surface area (Å²) >= 11 is 0. The zero-order chi connectivity index (χ0) is 17.3. The summed E-state index contributed by atoms with van der Waals surface area (Å²) in [6.45, 7) is 5.88. The summed E-state index contributed by atoms with van der Waals surface area (Å²) in [5, 5.41) is 5.59. The summed E-state index contributed by atoms with van der Waals surface area (Å²) in [4.78, 5) is 14.1. The van der Waals surface area contributed by atoms with Crippen molar-refractivity contribution in [2.24, 2.45) is 0 Å². The Morgan fingerprint density at radius 2 is 1.77 bits per heavy atom. The lowest BCUT2D eigenvalue weighted by Crippen LogP contribution is -2.50. The Balaban J connectivity index is 1.33. The van der Waals surface area contributed by atoms with Crippen molar-refractivity contribution < 1.29 is 4.74 Å². The van der Waals surface area contributed by atoms with Gasteiger partial charge in [0.25, 0.3) is 0 Å². The molecule has 2 aliphatic heterocycles. The molecular weight excluding hydrogens is 328 g/mol. The Bertz CT molecular complexity index is 888. The average Bonchev–Trinajstić information content (AvgIpc) is 2.93. The molecule has 5 rings (SSSR count). The number of hydrogen-bond donors (Lipinski definition) is 0. The molecule has 2 fully saturated rings. The van der Waals surface area contributed by atoms with Crippen LogP contribution >= 0.6 is 0 Å². The van der Waals surface area contributed by atoms with E-state index >= 15 is 0 Å². The molecular formula is C19H22N6O. The molecule has 0 amide bonds. The number of nitrogens with zero attached hydrogens (tertiary/aromatic N) is 6. The van der Waals surface area contributed by atoms with E-state index in [1.165, 1.54) is 0 Å². The predicted octanol–water partition coefficient (Wildman–Crippen LogP) is 1.73. The third-order valence-corrected chi connectivity index (χ3v) is 5.30. The molecule has 2 aromatic heterocycles. The number of benzene rings is 1. The predicted molar refractivity (Wildman–Crippen MR) is 99.7 cm³/mol. The van der Waals surface area contributed by atoms with Crippen LogP contribution in [0.3, 0.4) is 0 Å². The molecule has 7 nitrogen and oxygen atoms in total. The number of anilines is 1. The SMILES string of the molecule is c1ccc2c(c1)cnn2-c1cnc(N2CCCN(C3COC3)CC2)nc1. The number of rotatable bonds is 3. The smallest absolute Gasteiger partial charge is 0.225 e. The normalized spacial score (nSPS) is 19.5. The van der Waals surface area contributed by atoms with E-state index in [2.05, 4.69) is 37.0 Å². The van der Waals surface area contributed by atoms with Gasteiger partial charge in [0.1, 0.15) is 5.69 Å². The topological polar surface area (TPSA) is 59.3 Å². The lowest BCUT2D eigenvalue weighted by Gasteiger charge is -2.36. The maximum atomic E-state index is 5.33. The molecule has 0 atom stereocenters. The third-order valence-electron chi connectivity index (χ3n) is 5.30. The molecule has 4 heterocycles. The fourth-order valence-corrected chi connectivity index (χ4v) is 3.70. The summed E-state index contributed by atoms with van der Waals surface area (Å²) in [5.41, 5.74) is 1.95. The van der Waals surface area contributed by atoms with Gasteiger partial charge in [-0.05, 0) is 12.5 Å². The van der Waals surface area contributed by atoms with Gasteiger partial charge in [-0.1, -0.05) is 18.2 Å². The summed E-state index contributed by atoms with van der Waals surface area (Å²) in [5.74, 6) is 0.803. The van der Waals surface area contributed by atoms with Crippen molar-refractivity contribution >= 4 is 16.9 Å². The quantitative estimate of drug-likeness (QED) is 0.717. The molecule has 134 valence electrons. The molecule has 0 radical (unpaired) electrons. The third kappa shape index (κ3) is 2.83. The van der Waals surface area contributed by atoms with Crippen LogP contribution in [0.2, 0.25) is 0 Å². The van der Waals surface area contributed by atoms with E-state index < -0.39 is 0 Å². The molecule has 0 saturated carbocycles. The van der Waals surface area contributed by atoms with Crippen LogP contribution in [0.15, 0.2) is 42.9 Å². The van der Waals surface area contributed by atoms with E-state index in [1.54, 1.807) is 0 Å². The van der Waals surface area contributed by atoms with Crippen molar-refractivity contribution in [1.29, 1.82) is 0 Å². The number of fused-ring (bicyclic) bond motifs is 1. The highest BCUT2D eigenvalue weighted by atomic mass is 16.5. The van der Waals surface area contributed by atoms with Crippen LogP contribution in [-0.4, -0.2) is 70.1 Å². The Kier molecular flexibility index (Phi) is 4.03. The lowest BCUT2D eigenvalue weighted by atomic mass is 10.2. The van der Waals surface area contributed by atoms with Gasteiger partial charge in [-0.25, -0.2) is 14.6 Å². The monoisotopic (exact) mass is 350 g/mol. The van der Waals surface area contributed by atoms with Crippen LogP contribution in [0.1, 0.15) is 6.42 Å². The van der Waals surface area contributed by atoms with E-state index in [9.17, 15) is 0 Å². The first-order valence-electron chi connectivity index (χ1n) is 9.20. The van der Waals surface area contributed by atoms with Crippen molar-refractivity contribution in [3.63, 3.8) is 0 Å². The van der Waals surface area contributed by atoms with Crippen LogP contribution in [0.4, 0.5) is 5.95 Å². The number of hydrogen-bond acceptors (Lipinski definition) is 6. The molecule has 26 heavy (non-hydrogen) atoms. The molecule has 3 aromatic rings. The van der Waals surface area contributed by atoms with Crippen LogP contribution < -0.4 is 4.90 Å². The van der Waals surface area contributed by atoms with Gasteiger partial charge >= 0.3 is 0 Å². The zero-order valence-corrected chi connectivity index (χ0v) is 14.7. The molecule has 0 bridgehead atoms. The Morgan fingerprint density at radius 1 is 0.923 bits per heavy atom. The minimum Gasteiger partial charge on any atom is -0.378 e. The second-order valence-electron chi connectivity index (χ2n) is 6.92. The first-order valence-corrected chi connectivity index (χ1v) is 9.20. The van der Waals surface area contributed by atoms with Crippen LogP contribution in [0.5, 0.6) is 0 Å². The number of aromatic nitrogens is 4. The lowest BCUT2D eigenvalue weighted by molar-refractivity contribution is -0.0625. The molecule has 1 aromatic carbocycles. The van der Waals surface area contributed by atoms with E-state index in [0.29, 0.717) is 6.04 Å². The molecule has 0 spiro atoms. The minimum atomic E-state index is 0.603. The Labute approximate surface area is 152 Å². The van der Waals surface area contributed by atoms with Gasteiger partial charge in [0, 0.05) is 31.6 Å². The number of para-hydroxylation sites is 1. The first-order chi connectivity index (χ1) is 12.9. The first kappa shape index (κ1) is 15.7. The van der Waals surface area contributed by atoms with Gasteiger partial charge < -0.3 is 9.64 Å².